The van der Waals surface area contributed by atoms with Crippen LogP contribution in [0.15, 0.2) is 66.2 Å². The number of aliphatic hydroxyl groups is 1. The van der Waals surface area contributed by atoms with Crippen LogP contribution in [0.1, 0.15) is 33.9 Å². The first-order valence-electron chi connectivity index (χ1n) is 10.5. The molecule has 3 aromatic rings. The van der Waals surface area contributed by atoms with E-state index in [9.17, 15) is 19.8 Å². The van der Waals surface area contributed by atoms with Gasteiger partial charge in [-0.05, 0) is 79.4 Å². The molecule has 1 saturated heterocycles. The molecule has 168 valence electrons. The summed E-state index contributed by atoms with van der Waals surface area (Å²) in [6, 6.07) is 16.3. The molecule has 1 fully saturated rings. The van der Waals surface area contributed by atoms with Gasteiger partial charge >= 0.3 is 0 Å². The number of carbonyl (C=O) groups excluding carboxylic acids is 2. The molecule has 1 aliphatic heterocycles. The second-order valence-corrected chi connectivity index (χ2v) is 8.24. The predicted octanol–water partition coefficient (Wildman–Crippen LogP) is 4.95. The number of methoxy groups -OCH3 is 1. The number of ketones is 1. The summed E-state index contributed by atoms with van der Waals surface area (Å²) in [6.07, 6.45) is 0. The smallest absolute Gasteiger partial charge is 0.300 e. The maximum atomic E-state index is 13.3. The molecular formula is C27H25NO5. The summed E-state index contributed by atoms with van der Waals surface area (Å²) >= 11 is 0. The molecule has 2 N–H and O–H groups in total. The van der Waals surface area contributed by atoms with E-state index >= 15 is 0 Å². The highest BCUT2D eigenvalue weighted by molar-refractivity contribution is 6.51. The normalized spacial score (nSPS) is 17.5. The molecule has 1 heterocycles. The summed E-state index contributed by atoms with van der Waals surface area (Å²) < 4.78 is 5.36. The number of hydrogen-bond donors (Lipinski definition) is 2. The topological polar surface area (TPSA) is 87.1 Å². The number of phenols is 1. The zero-order valence-corrected chi connectivity index (χ0v) is 18.9. The highest BCUT2D eigenvalue weighted by atomic mass is 16.5. The molecule has 0 radical (unpaired) electrons. The van der Waals surface area contributed by atoms with E-state index in [4.69, 9.17) is 4.74 Å². The fourth-order valence-electron chi connectivity index (χ4n) is 4.26. The number of nitrogens with zero attached hydrogens (tertiary/aromatic N) is 1. The quantitative estimate of drug-likeness (QED) is 0.338. The van der Waals surface area contributed by atoms with Crippen LogP contribution in [0.4, 0.5) is 5.69 Å². The minimum Gasteiger partial charge on any atom is -0.508 e. The number of carbonyl (C=O) groups is 2. The number of aryl methyl sites for hydroxylation is 3. The zero-order chi connectivity index (χ0) is 23.9. The average molecular weight is 443 g/mol. The Labute approximate surface area is 192 Å². The maximum absolute atomic E-state index is 13.3. The van der Waals surface area contributed by atoms with Crippen molar-refractivity contribution in [2.24, 2.45) is 0 Å². The number of amides is 1. The number of Topliss-reactive ketones (excluding diaryl/α,β-unsaturated/α-hetero) is 1. The molecular weight excluding hydrogens is 418 g/mol. The van der Waals surface area contributed by atoms with Gasteiger partial charge in [-0.2, -0.15) is 0 Å². The lowest BCUT2D eigenvalue weighted by Crippen LogP contribution is -2.29. The van der Waals surface area contributed by atoms with Gasteiger partial charge in [0.1, 0.15) is 17.3 Å². The zero-order valence-electron chi connectivity index (χ0n) is 18.9. The molecule has 0 spiro atoms. The Kier molecular flexibility index (Phi) is 5.68. The van der Waals surface area contributed by atoms with Gasteiger partial charge in [0.05, 0.1) is 18.7 Å². The summed E-state index contributed by atoms with van der Waals surface area (Å²) in [6.45, 7) is 5.56. The molecule has 33 heavy (non-hydrogen) atoms. The van der Waals surface area contributed by atoms with E-state index in [1.54, 1.807) is 37.4 Å². The van der Waals surface area contributed by atoms with Gasteiger partial charge in [-0.25, -0.2) is 0 Å². The van der Waals surface area contributed by atoms with Crippen molar-refractivity contribution in [3.05, 3.63) is 94.1 Å². The van der Waals surface area contributed by atoms with Gasteiger partial charge in [-0.3, -0.25) is 14.5 Å². The minimum absolute atomic E-state index is 0.000127. The maximum Gasteiger partial charge on any atom is 0.300 e. The standard InChI is InChI=1S/C27H25NO5/c1-15-6-5-7-19(12-15)28-24(18-8-10-20(29)11-9-18)23(26(31)27(28)32)25(30)21-13-17(3)22(33-4)14-16(21)2/h5-14,24,29-30H,1-4H3/b25-23+. The number of anilines is 1. The molecule has 6 nitrogen and oxygen atoms in total. The first-order valence-corrected chi connectivity index (χ1v) is 10.5. The molecule has 1 unspecified atom stereocenters. The minimum atomic E-state index is -0.853. The number of hydrogen-bond acceptors (Lipinski definition) is 5. The molecule has 0 bridgehead atoms. The predicted molar refractivity (Wildman–Crippen MR) is 127 cm³/mol. The van der Waals surface area contributed by atoms with Gasteiger partial charge in [-0.15, -0.1) is 0 Å². The SMILES string of the molecule is COc1cc(C)c(/C(O)=C2\C(=O)C(=O)N(c3cccc(C)c3)C2c2ccc(O)cc2)cc1C. The Bertz CT molecular complexity index is 1290. The summed E-state index contributed by atoms with van der Waals surface area (Å²) in [5, 5.41) is 21.1. The average Bonchev–Trinajstić information content (AvgIpc) is 3.05. The van der Waals surface area contributed by atoms with Gasteiger partial charge in [0.2, 0.25) is 0 Å². The molecule has 0 aromatic heterocycles. The van der Waals surface area contributed by atoms with E-state index in [1.807, 2.05) is 39.0 Å². The van der Waals surface area contributed by atoms with E-state index in [1.165, 1.54) is 17.0 Å². The lowest BCUT2D eigenvalue weighted by atomic mass is 9.93. The fourth-order valence-corrected chi connectivity index (χ4v) is 4.26. The number of benzene rings is 3. The Morgan fingerprint density at radius 3 is 2.27 bits per heavy atom. The second kappa shape index (κ2) is 8.47. The number of aromatic hydroxyl groups is 1. The van der Waals surface area contributed by atoms with E-state index in [0.717, 1.165) is 11.1 Å². The molecule has 0 saturated carbocycles. The highest BCUT2D eigenvalue weighted by Crippen LogP contribution is 2.43. The first-order chi connectivity index (χ1) is 15.7. The van der Waals surface area contributed by atoms with Crippen molar-refractivity contribution in [2.45, 2.75) is 26.8 Å². The van der Waals surface area contributed by atoms with Crippen LogP contribution in [0.2, 0.25) is 0 Å². The van der Waals surface area contributed by atoms with Gasteiger partial charge in [0.15, 0.2) is 0 Å². The Balaban J connectivity index is 1.98. The molecule has 0 aliphatic carbocycles. The molecule has 6 heteroatoms. The van der Waals surface area contributed by atoms with Crippen molar-refractivity contribution in [1.82, 2.24) is 0 Å². The third-order valence-electron chi connectivity index (χ3n) is 5.93. The number of aliphatic hydroxyl groups excluding tert-OH is 1. The largest absolute Gasteiger partial charge is 0.508 e. The summed E-state index contributed by atoms with van der Waals surface area (Å²) in [4.78, 5) is 27.9. The summed E-state index contributed by atoms with van der Waals surface area (Å²) in [5.41, 5.74) is 4.04. The van der Waals surface area contributed by atoms with Crippen molar-refractivity contribution >= 4 is 23.1 Å². The van der Waals surface area contributed by atoms with E-state index in [-0.39, 0.29) is 17.1 Å². The van der Waals surface area contributed by atoms with Gasteiger partial charge in [0, 0.05) is 11.3 Å². The fraction of sp³-hybridized carbons (Fsp3) is 0.185. The Morgan fingerprint density at radius 1 is 0.939 bits per heavy atom. The molecule has 1 aliphatic rings. The third kappa shape index (κ3) is 3.84. The lowest BCUT2D eigenvalue weighted by molar-refractivity contribution is -0.132. The van der Waals surface area contributed by atoms with Crippen molar-refractivity contribution < 1.29 is 24.5 Å². The van der Waals surface area contributed by atoms with Crippen LogP contribution in [0.5, 0.6) is 11.5 Å². The Hall–Kier alpha value is -4.06. The van der Waals surface area contributed by atoms with Crippen molar-refractivity contribution in [3.8, 4) is 11.5 Å². The van der Waals surface area contributed by atoms with E-state index in [0.29, 0.717) is 28.1 Å². The summed E-state index contributed by atoms with van der Waals surface area (Å²) in [7, 11) is 1.57. The van der Waals surface area contributed by atoms with E-state index < -0.39 is 17.7 Å². The van der Waals surface area contributed by atoms with Crippen molar-refractivity contribution in [3.63, 3.8) is 0 Å². The molecule has 3 aromatic carbocycles. The van der Waals surface area contributed by atoms with Crippen LogP contribution in [0.3, 0.4) is 0 Å². The number of phenolic OH excluding ortho intramolecular Hbond substituents is 1. The summed E-state index contributed by atoms with van der Waals surface area (Å²) in [5.74, 6) is -1.000. The Morgan fingerprint density at radius 2 is 1.64 bits per heavy atom. The highest BCUT2D eigenvalue weighted by Gasteiger charge is 2.47. The van der Waals surface area contributed by atoms with Gasteiger partial charge in [-0.1, -0.05) is 24.3 Å². The van der Waals surface area contributed by atoms with Crippen LogP contribution in [-0.4, -0.2) is 29.0 Å². The van der Waals surface area contributed by atoms with Crippen LogP contribution in [0, 0.1) is 20.8 Å². The molecule has 1 atom stereocenters. The van der Waals surface area contributed by atoms with Crippen LogP contribution in [0.25, 0.3) is 5.76 Å². The van der Waals surface area contributed by atoms with Crippen molar-refractivity contribution in [1.29, 1.82) is 0 Å². The first kappa shape index (κ1) is 22.1. The number of ether oxygens (including phenoxy) is 1. The molecule has 4 rings (SSSR count). The van der Waals surface area contributed by atoms with Crippen LogP contribution >= 0.6 is 0 Å². The van der Waals surface area contributed by atoms with Crippen molar-refractivity contribution in [2.75, 3.05) is 12.0 Å². The monoisotopic (exact) mass is 443 g/mol. The third-order valence-corrected chi connectivity index (χ3v) is 5.93. The van der Waals surface area contributed by atoms with Crippen LogP contribution in [-0.2, 0) is 9.59 Å². The second-order valence-electron chi connectivity index (χ2n) is 8.24. The van der Waals surface area contributed by atoms with Gasteiger partial charge < -0.3 is 14.9 Å². The number of rotatable bonds is 4. The van der Waals surface area contributed by atoms with Crippen LogP contribution < -0.4 is 9.64 Å². The van der Waals surface area contributed by atoms with Gasteiger partial charge in [0.25, 0.3) is 11.7 Å². The lowest BCUT2D eigenvalue weighted by Gasteiger charge is -2.26. The van der Waals surface area contributed by atoms with E-state index in [2.05, 4.69) is 0 Å². The molecule has 1 amide bonds.